The first-order chi connectivity index (χ1) is 6.11. The molecule has 0 bridgehead atoms. The molecule has 0 aliphatic heterocycles. The zero-order chi connectivity index (χ0) is 9.59. The molecule has 0 aliphatic rings. The van der Waals surface area contributed by atoms with Gasteiger partial charge in [-0.05, 0) is 18.6 Å². The minimum absolute atomic E-state index is 0.194. The molecule has 2 aromatic rings. The third-order valence-corrected chi connectivity index (χ3v) is 2.87. The SMILES string of the molecule is Cc1c(Br)cc(O)c2c1nnn2C. The van der Waals surface area contributed by atoms with Crippen LogP contribution in [0.1, 0.15) is 5.56 Å². The fraction of sp³-hybridized carbons (Fsp3) is 0.250. The summed E-state index contributed by atoms with van der Waals surface area (Å²) in [5.41, 5.74) is 2.39. The van der Waals surface area contributed by atoms with E-state index >= 15 is 0 Å². The van der Waals surface area contributed by atoms with Crippen LogP contribution in [0.4, 0.5) is 0 Å². The van der Waals surface area contributed by atoms with Gasteiger partial charge in [-0.15, -0.1) is 5.10 Å². The number of phenolic OH excluding ortho intramolecular Hbond substituents is 1. The molecular formula is C8H8BrN3O. The number of benzene rings is 1. The van der Waals surface area contributed by atoms with Gasteiger partial charge in [0.2, 0.25) is 0 Å². The van der Waals surface area contributed by atoms with Crippen molar-refractivity contribution in [3.05, 3.63) is 16.1 Å². The van der Waals surface area contributed by atoms with Gasteiger partial charge in [-0.3, -0.25) is 0 Å². The smallest absolute Gasteiger partial charge is 0.144 e. The maximum absolute atomic E-state index is 9.62. The number of hydrogen-bond donors (Lipinski definition) is 1. The molecule has 1 heterocycles. The highest BCUT2D eigenvalue weighted by Gasteiger charge is 2.11. The van der Waals surface area contributed by atoms with Crippen molar-refractivity contribution in [3.63, 3.8) is 0 Å². The maximum atomic E-state index is 9.62. The van der Waals surface area contributed by atoms with Gasteiger partial charge in [0.1, 0.15) is 16.8 Å². The van der Waals surface area contributed by atoms with Gasteiger partial charge in [0.05, 0.1) is 0 Å². The van der Waals surface area contributed by atoms with Gasteiger partial charge in [0.15, 0.2) is 0 Å². The largest absolute Gasteiger partial charge is 0.506 e. The molecule has 0 amide bonds. The fourth-order valence-electron chi connectivity index (χ4n) is 1.31. The molecule has 68 valence electrons. The Labute approximate surface area is 83.3 Å². The van der Waals surface area contributed by atoms with Gasteiger partial charge in [0.25, 0.3) is 0 Å². The zero-order valence-electron chi connectivity index (χ0n) is 7.24. The van der Waals surface area contributed by atoms with E-state index in [0.717, 1.165) is 15.6 Å². The minimum Gasteiger partial charge on any atom is -0.506 e. The standard InChI is InChI=1S/C8H8BrN3O/c1-4-5(9)3-6(13)8-7(4)10-11-12(8)2/h3,13H,1-2H3. The Morgan fingerprint density at radius 1 is 1.54 bits per heavy atom. The molecule has 1 aromatic carbocycles. The number of phenols is 1. The summed E-state index contributed by atoms with van der Waals surface area (Å²) >= 11 is 3.34. The first-order valence-electron chi connectivity index (χ1n) is 3.78. The van der Waals surface area contributed by atoms with Crippen LogP contribution in [0.25, 0.3) is 11.0 Å². The van der Waals surface area contributed by atoms with E-state index in [-0.39, 0.29) is 5.75 Å². The molecule has 0 radical (unpaired) electrons. The Morgan fingerprint density at radius 3 is 2.92 bits per heavy atom. The first kappa shape index (κ1) is 8.50. The van der Waals surface area contributed by atoms with Gasteiger partial charge < -0.3 is 5.11 Å². The number of rotatable bonds is 0. The predicted octanol–water partition coefficient (Wildman–Crippen LogP) is 1.74. The summed E-state index contributed by atoms with van der Waals surface area (Å²) in [7, 11) is 1.75. The zero-order valence-corrected chi connectivity index (χ0v) is 8.83. The van der Waals surface area contributed by atoms with Crippen molar-refractivity contribution < 1.29 is 5.11 Å². The van der Waals surface area contributed by atoms with Crippen LogP contribution in [-0.4, -0.2) is 20.1 Å². The van der Waals surface area contributed by atoms with E-state index in [1.54, 1.807) is 17.8 Å². The van der Waals surface area contributed by atoms with Crippen LogP contribution in [0.15, 0.2) is 10.5 Å². The molecular weight excluding hydrogens is 234 g/mol. The van der Waals surface area contributed by atoms with Crippen molar-refractivity contribution in [1.82, 2.24) is 15.0 Å². The molecule has 5 heteroatoms. The van der Waals surface area contributed by atoms with Crippen LogP contribution in [0.3, 0.4) is 0 Å². The van der Waals surface area contributed by atoms with Crippen molar-refractivity contribution in [2.45, 2.75) is 6.92 Å². The Kier molecular flexibility index (Phi) is 1.76. The molecule has 0 aliphatic carbocycles. The quantitative estimate of drug-likeness (QED) is 0.765. The van der Waals surface area contributed by atoms with Gasteiger partial charge in [-0.25, -0.2) is 4.68 Å². The lowest BCUT2D eigenvalue weighted by molar-refractivity contribution is 0.477. The normalized spacial score (nSPS) is 11.0. The van der Waals surface area contributed by atoms with E-state index in [0.29, 0.717) is 5.52 Å². The molecule has 0 saturated carbocycles. The van der Waals surface area contributed by atoms with Crippen LogP contribution in [-0.2, 0) is 7.05 Å². The highest BCUT2D eigenvalue weighted by molar-refractivity contribution is 9.10. The first-order valence-corrected chi connectivity index (χ1v) is 4.58. The van der Waals surface area contributed by atoms with Gasteiger partial charge >= 0.3 is 0 Å². The van der Waals surface area contributed by atoms with E-state index in [9.17, 15) is 5.11 Å². The molecule has 1 aromatic heterocycles. The van der Waals surface area contributed by atoms with E-state index in [1.807, 2.05) is 6.92 Å². The topological polar surface area (TPSA) is 50.9 Å². The lowest BCUT2D eigenvalue weighted by Crippen LogP contribution is -1.90. The third kappa shape index (κ3) is 1.11. The molecule has 2 rings (SSSR count). The average Bonchev–Trinajstić information content (AvgIpc) is 2.44. The summed E-state index contributed by atoms with van der Waals surface area (Å²) in [4.78, 5) is 0. The molecule has 4 nitrogen and oxygen atoms in total. The molecule has 13 heavy (non-hydrogen) atoms. The van der Waals surface area contributed by atoms with Gasteiger partial charge in [-0.1, -0.05) is 21.1 Å². The molecule has 1 N–H and O–H groups in total. The van der Waals surface area contributed by atoms with Crippen LogP contribution >= 0.6 is 15.9 Å². The maximum Gasteiger partial charge on any atom is 0.144 e. The Bertz CT molecular complexity index is 478. The number of halogens is 1. The van der Waals surface area contributed by atoms with Crippen LogP contribution in [0.2, 0.25) is 0 Å². The molecule has 0 atom stereocenters. The van der Waals surface area contributed by atoms with E-state index < -0.39 is 0 Å². The lowest BCUT2D eigenvalue weighted by atomic mass is 10.2. The average molecular weight is 242 g/mol. The number of aromatic hydroxyl groups is 1. The van der Waals surface area contributed by atoms with Crippen molar-refractivity contribution in [2.24, 2.45) is 7.05 Å². The molecule has 0 saturated heterocycles. The highest BCUT2D eigenvalue weighted by atomic mass is 79.9. The number of hydrogen-bond acceptors (Lipinski definition) is 3. The van der Waals surface area contributed by atoms with E-state index in [1.165, 1.54) is 0 Å². The van der Waals surface area contributed by atoms with Gasteiger partial charge in [-0.2, -0.15) is 0 Å². The fourth-order valence-corrected chi connectivity index (χ4v) is 1.71. The Morgan fingerprint density at radius 2 is 2.23 bits per heavy atom. The Hall–Kier alpha value is -1.10. The predicted molar refractivity (Wildman–Crippen MR) is 52.6 cm³/mol. The molecule has 0 fully saturated rings. The van der Waals surface area contributed by atoms with Crippen molar-refractivity contribution in [1.29, 1.82) is 0 Å². The second kappa shape index (κ2) is 2.70. The summed E-state index contributed by atoms with van der Waals surface area (Å²) in [6, 6.07) is 1.65. The van der Waals surface area contributed by atoms with Crippen molar-refractivity contribution >= 4 is 27.0 Å². The number of aromatic nitrogens is 3. The summed E-state index contributed by atoms with van der Waals surface area (Å²) in [5.74, 6) is 0.194. The highest BCUT2D eigenvalue weighted by Crippen LogP contribution is 2.31. The minimum atomic E-state index is 0.194. The number of fused-ring (bicyclic) bond motifs is 1. The van der Waals surface area contributed by atoms with Crippen molar-refractivity contribution in [2.75, 3.05) is 0 Å². The van der Waals surface area contributed by atoms with Crippen LogP contribution < -0.4 is 0 Å². The van der Waals surface area contributed by atoms with E-state index in [4.69, 9.17) is 0 Å². The monoisotopic (exact) mass is 241 g/mol. The second-order valence-electron chi connectivity index (χ2n) is 2.91. The summed E-state index contributed by atoms with van der Waals surface area (Å²) in [5, 5.41) is 17.4. The van der Waals surface area contributed by atoms with Gasteiger partial charge in [0, 0.05) is 11.5 Å². The van der Waals surface area contributed by atoms with E-state index in [2.05, 4.69) is 26.2 Å². The molecule has 0 spiro atoms. The molecule has 0 unspecified atom stereocenters. The number of nitrogens with zero attached hydrogens (tertiary/aromatic N) is 3. The lowest BCUT2D eigenvalue weighted by Gasteiger charge is -2.01. The summed E-state index contributed by atoms with van der Waals surface area (Å²) in [6.45, 7) is 1.93. The van der Waals surface area contributed by atoms with Crippen LogP contribution in [0, 0.1) is 6.92 Å². The van der Waals surface area contributed by atoms with Crippen LogP contribution in [0.5, 0.6) is 5.75 Å². The van der Waals surface area contributed by atoms with Crippen molar-refractivity contribution in [3.8, 4) is 5.75 Å². The Balaban J connectivity index is 2.99. The third-order valence-electron chi connectivity index (χ3n) is 2.05. The summed E-state index contributed by atoms with van der Waals surface area (Å²) in [6.07, 6.45) is 0. The number of aryl methyl sites for hydroxylation is 2. The summed E-state index contributed by atoms with van der Waals surface area (Å²) < 4.78 is 2.40. The second-order valence-corrected chi connectivity index (χ2v) is 3.77.